The fourth-order valence-corrected chi connectivity index (χ4v) is 1.96. The Balaban J connectivity index is 2.45. The van der Waals surface area contributed by atoms with Gasteiger partial charge in [-0.05, 0) is 34.1 Å². The molecule has 0 fully saturated rings. The molecule has 0 atom stereocenters. The van der Waals surface area contributed by atoms with Gasteiger partial charge in [-0.2, -0.15) is 4.98 Å². The highest BCUT2D eigenvalue weighted by atomic mass is 79.9. The molecule has 20 heavy (non-hydrogen) atoms. The fraction of sp³-hybridized carbons (Fsp3) is 0.0909. The van der Waals surface area contributed by atoms with Crippen LogP contribution in [0.25, 0.3) is 0 Å². The SMILES string of the molecule is CNc1ncc([N+](=O)[O-])c(Nc2cc(Cl)ccc2Br)n1. The Morgan fingerprint density at radius 2 is 2.20 bits per heavy atom. The quantitative estimate of drug-likeness (QED) is 0.641. The van der Waals surface area contributed by atoms with E-state index in [0.717, 1.165) is 6.20 Å². The molecule has 0 amide bonds. The average molecular weight is 359 g/mol. The van der Waals surface area contributed by atoms with Gasteiger partial charge >= 0.3 is 5.69 Å². The molecule has 0 unspecified atom stereocenters. The second-order valence-electron chi connectivity index (χ2n) is 3.68. The Morgan fingerprint density at radius 1 is 1.45 bits per heavy atom. The van der Waals surface area contributed by atoms with Crippen LogP contribution >= 0.6 is 27.5 Å². The van der Waals surface area contributed by atoms with E-state index in [1.54, 1.807) is 25.2 Å². The van der Waals surface area contributed by atoms with Gasteiger partial charge in [-0.15, -0.1) is 0 Å². The van der Waals surface area contributed by atoms with E-state index in [9.17, 15) is 10.1 Å². The highest BCUT2D eigenvalue weighted by Crippen LogP contribution is 2.31. The van der Waals surface area contributed by atoms with Gasteiger partial charge in [0.15, 0.2) is 0 Å². The van der Waals surface area contributed by atoms with Crippen LogP contribution in [0.5, 0.6) is 0 Å². The van der Waals surface area contributed by atoms with Crippen molar-refractivity contribution in [2.75, 3.05) is 17.7 Å². The summed E-state index contributed by atoms with van der Waals surface area (Å²) in [6.45, 7) is 0. The maximum Gasteiger partial charge on any atom is 0.329 e. The first-order valence-electron chi connectivity index (χ1n) is 5.42. The highest BCUT2D eigenvalue weighted by Gasteiger charge is 2.18. The fourth-order valence-electron chi connectivity index (χ4n) is 1.44. The van der Waals surface area contributed by atoms with Crippen LogP contribution in [-0.2, 0) is 0 Å². The number of anilines is 3. The minimum absolute atomic E-state index is 0.0808. The van der Waals surface area contributed by atoms with Crippen LogP contribution in [0, 0.1) is 10.1 Å². The number of benzene rings is 1. The lowest BCUT2D eigenvalue weighted by atomic mass is 10.3. The lowest BCUT2D eigenvalue weighted by Crippen LogP contribution is -2.04. The molecule has 0 aliphatic carbocycles. The maximum atomic E-state index is 11.0. The predicted octanol–water partition coefficient (Wildman–Crippen LogP) is 3.59. The van der Waals surface area contributed by atoms with Gasteiger partial charge in [0.05, 0.1) is 10.6 Å². The van der Waals surface area contributed by atoms with E-state index >= 15 is 0 Å². The standard InChI is InChI=1S/C11H9BrClN5O2/c1-14-11-15-5-9(18(19)20)10(17-11)16-8-4-6(13)2-3-7(8)12/h2-5H,1H3,(H2,14,15,16,17). The topological polar surface area (TPSA) is 93.0 Å². The van der Waals surface area contributed by atoms with Crippen molar-refractivity contribution in [3.05, 3.63) is 44.0 Å². The summed E-state index contributed by atoms with van der Waals surface area (Å²) in [6, 6.07) is 5.07. The minimum atomic E-state index is -0.555. The van der Waals surface area contributed by atoms with Gasteiger partial charge in [0.1, 0.15) is 6.20 Å². The van der Waals surface area contributed by atoms with Crippen molar-refractivity contribution >= 4 is 50.7 Å². The number of nitrogens with zero attached hydrogens (tertiary/aromatic N) is 3. The normalized spacial score (nSPS) is 10.2. The summed E-state index contributed by atoms with van der Waals surface area (Å²) >= 11 is 9.24. The van der Waals surface area contributed by atoms with Gasteiger partial charge in [0.25, 0.3) is 0 Å². The van der Waals surface area contributed by atoms with Crippen LogP contribution < -0.4 is 10.6 Å². The van der Waals surface area contributed by atoms with E-state index in [1.807, 2.05) is 0 Å². The van der Waals surface area contributed by atoms with Gasteiger partial charge in [-0.3, -0.25) is 10.1 Å². The van der Waals surface area contributed by atoms with Crippen LogP contribution in [0.4, 0.5) is 23.1 Å². The van der Waals surface area contributed by atoms with E-state index in [0.29, 0.717) is 15.2 Å². The molecule has 0 saturated carbocycles. The minimum Gasteiger partial charge on any atom is -0.357 e. The molecule has 0 spiro atoms. The molecule has 0 saturated heterocycles. The third-order valence-corrected chi connectivity index (χ3v) is 3.30. The third-order valence-electron chi connectivity index (χ3n) is 2.37. The molecule has 104 valence electrons. The molecule has 2 rings (SSSR count). The van der Waals surface area contributed by atoms with E-state index in [-0.39, 0.29) is 17.5 Å². The average Bonchev–Trinajstić information content (AvgIpc) is 2.42. The molecular formula is C11H9BrClN5O2. The number of nitro groups is 1. The van der Waals surface area contributed by atoms with Crippen molar-refractivity contribution in [2.45, 2.75) is 0 Å². The Labute approximate surface area is 127 Å². The number of aromatic nitrogens is 2. The second-order valence-corrected chi connectivity index (χ2v) is 4.97. The summed E-state index contributed by atoms with van der Waals surface area (Å²) in [5.74, 6) is 0.355. The first-order valence-corrected chi connectivity index (χ1v) is 6.59. The zero-order valence-electron chi connectivity index (χ0n) is 10.2. The maximum absolute atomic E-state index is 11.0. The van der Waals surface area contributed by atoms with Crippen LogP contribution in [0.3, 0.4) is 0 Å². The zero-order chi connectivity index (χ0) is 14.7. The van der Waals surface area contributed by atoms with Crippen molar-refractivity contribution in [3.8, 4) is 0 Å². The molecule has 1 heterocycles. The van der Waals surface area contributed by atoms with Gasteiger partial charge in [0, 0.05) is 16.5 Å². The Kier molecular flexibility index (Phi) is 4.35. The molecular weight excluding hydrogens is 350 g/mol. The Morgan fingerprint density at radius 3 is 2.85 bits per heavy atom. The van der Waals surface area contributed by atoms with Gasteiger partial charge in [-0.1, -0.05) is 11.6 Å². The zero-order valence-corrected chi connectivity index (χ0v) is 12.6. The Bertz CT molecular complexity index is 667. The summed E-state index contributed by atoms with van der Waals surface area (Å²) in [7, 11) is 1.63. The summed E-state index contributed by atoms with van der Waals surface area (Å²) in [4.78, 5) is 18.3. The van der Waals surface area contributed by atoms with Crippen molar-refractivity contribution in [1.29, 1.82) is 0 Å². The largest absolute Gasteiger partial charge is 0.357 e. The summed E-state index contributed by atoms with van der Waals surface area (Å²) in [5, 5.41) is 17.1. The van der Waals surface area contributed by atoms with Gasteiger partial charge in [-0.25, -0.2) is 4.98 Å². The molecule has 0 radical (unpaired) electrons. The molecule has 7 nitrogen and oxygen atoms in total. The van der Waals surface area contributed by atoms with Crippen molar-refractivity contribution < 1.29 is 4.92 Å². The lowest BCUT2D eigenvalue weighted by Gasteiger charge is -2.09. The summed E-state index contributed by atoms with van der Waals surface area (Å²) < 4.78 is 0.709. The van der Waals surface area contributed by atoms with Crippen LogP contribution in [0.1, 0.15) is 0 Å². The molecule has 0 aliphatic heterocycles. The first-order chi connectivity index (χ1) is 9.51. The smallest absolute Gasteiger partial charge is 0.329 e. The van der Waals surface area contributed by atoms with Gasteiger partial charge < -0.3 is 10.6 Å². The molecule has 2 N–H and O–H groups in total. The van der Waals surface area contributed by atoms with Crippen molar-refractivity contribution in [2.24, 2.45) is 0 Å². The van der Waals surface area contributed by atoms with E-state index in [4.69, 9.17) is 11.6 Å². The number of hydrogen-bond acceptors (Lipinski definition) is 6. The van der Waals surface area contributed by atoms with Crippen LogP contribution in [-0.4, -0.2) is 21.9 Å². The molecule has 0 bridgehead atoms. The van der Waals surface area contributed by atoms with Gasteiger partial charge in [0.2, 0.25) is 11.8 Å². The van der Waals surface area contributed by atoms with E-state index in [2.05, 4.69) is 36.5 Å². The number of hydrogen-bond donors (Lipinski definition) is 2. The van der Waals surface area contributed by atoms with Crippen LogP contribution in [0.2, 0.25) is 5.02 Å². The number of rotatable bonds is 4. The van der Waals surface area contributed by atoms with E-state index < -0.39 is 4.92 Å². The Hall–Kier alpha value is -1.93. The molecule has 0 aliphatic rings. The first kappa shape index (κ1) is 14.5. The summed E-state index contributed by atoms with van der Waals surface area (Å²) in [5.41, 5.74) is 0.345. The number of halogens is 2. The highest BCUT2D eigenvalue weighted by molar-refractivity contribution is 9.10. The van der Waals surface area contributed by atoms with Crippen molar-refractivity contribution in [1.82, 2.24) is 9.97 Å². The van der Waals surface area contributed by atoms with E-state index in [1.165, 1.54) is 0 Å². The monoisotopic (exact) mass is 357 g/mol. The molecule has 1 aromatic heterocycles. The lowest BCUT2D eigenvalue weighted by molar-refractivity contribution is -0.384. The molecule has 1 aromatic carbocycles. The molecule has 2 aromatic rings. The van der Waals surface area contributed by atoms with Crippen LogP contribution in [0.15, 0.2) is 28.9 Å². The van der Waals surface area contributed by atoms with Crippen molar-refractivity contribution in [3.63, 3.8) is 0 Å². The molecule has 9 heteroatoms. The second kappa shape index (κ2) is 6.02. The third kappa shape index (κ3) is 3.14. The number of nitrogens with one attached hydrogen (secondary N) is 2. The summed E-state index contributed by atoms with van der Waals surface area (Å²) in [6.07, 6.45) is 1.14. The predicted molar refractivity (Wildman–Crippen MR) is 80.7 cm³/mol.